The highest BCUT2D eigenvalue weighted by atomic mass is 16.4. The Morgan fingerprint density at radius 3 is 2.19 bits per heavy atom. The Morgan fingerprint density at radius 1 is 0.946 bits per heavy atom. The first-order valence-corrected chi connectivity index (χ1v) is 11.3. The molecule has 0 saturated heterocycles. The first-order chi connectivity index (χ1) is 17.4. The summed E-state index contributed by atoms with van der Waals surface area (Å²) in [6, 6.07) is 1.84. The van der Waals surface area contributed by atoms with E-state index >= 15 is 0 Å². The number of carbonyl (C=O) groups is 6. The third kappa shape index (κ3) is 8.61. The molecular formula is C23H30N6O8. The standard InChI is InChI=1S/C23H30N6O8/c1-11(23(36)37)27-22(35)17(8-12-10-26-15-5-3-2-4-13(12)15)29-21(34)16(6-7-18(25)30)28-20(33)14(24)9-19(31)32/h2-5,10-11,14,16-17,26H,6-9,24H2,1H3,(H2,25,30)(H,27,35)(H,28,33)(H,29,34)(H,31,32)(H,36,37). The first-order valence-electron chi connectivity index (χ1n) is 11.3. The van der Waals surface area contributed by atoms with Crippen molar-refractivity contribution in [2.45, 2.75) is 56.8 Å². The molecule has 0 spiro atoms. The molecule has 1 heterocycles. The molecule has 10 N–H and O–H groups in total. The number of carbonyl (C=O) groups excluding carboxylic acids is 4. The van der Waals surface area contributed by atoms with Crippen LogP contribution in [0.1, 0.15) is 31.7 Å². The number of aromatic amines is 1. The number of H-pyrrole nitrogens is 1. The van der Waals surface area contributed by atoms with Crippen molar-refractivity contribution in [3.05, 3.63) is 36.0 Å². The molecule has 0 aliphatic rings. The van der Waals surface area contributed by atoms with Crippen LogP contribution in [0.25, 0.3) is 10.9 Å². The van der Waals surface area contributed by atoms with Crippen LogP contribution in [0.3, 0.4) is 0 Å². The summed E-state index contributed by atoms with van der Waals surface area (Å²) in [5.74, 6) is -6.00. The first kappa shape index (κ1) is 28.8. The third-order valence-corrected chi connectivity index (χ3v) is 5.50. The van der Waals surface area contributed by atoms with Gasteiger partial charge in [0.2, 0.25) is 23.6 Å². The van der Waals surface area contributed by atoms with Gasteiger partial charge in [-0.05, 0) is 25.0 Å². The summed E-state index contributed by atoms with van der Waals surface area (Å²) in [5, 5.41) is 25.9. The molecule has 0 saturated carbocycles. The molecule has 0 aliphatic heterocycles. The van der Waals surface area contributed by atoms with Crippen molar-refractivity contribution in [1.29, 1.82) is 0 Å². The van der Waals surface area contributed by atoms with Crippen molar-refractivity contribution in [2.24, 2.45) is 11.5 Å². The van der Waals surface area contributed by atoms with Crippen molar-refractivity contribution < 1.29 is 39.0 Å². The summed E-state index contributed by atoms with van der Waals surface area (Å²) in [6.45, 7) is 1.25. The molecule has 0 fully saturated rings. The van der Waals surface area contributed by atoms with E-state index in [1.807, 2.05) is 12.1 Å². The minimum absolute atomic E-state index is 0.0388. The summed E-state index contributed by atoms with van der Waals surface area (Å²) in [6.07, 6.45) is 0.355. The number of hydrogen-bond acceptors (Lipinski definition) is 7. The number of hydrogen-bond donors (Lipinski definition) is 8. The molecule has 0 radical (unpaired) electrons. The van der Waals surface area contributed by atoms with Crippen molar-refractivity contribution in [3.8, 4) is 0 Å². The number of fused-ring (bicyclic) bond motifs is 1. The smallest absolute Gasteiger partial charge is 0.325 e. The Labute approximate surface area is 211 Å². The third-order valence-electron chi connectivity index (χ3n) is 5.50. The molecule has 4 atom stereocenters. The molecule has 14 heteroatoms. The van der Waals surface area contributed by atoms with E-state index in [0.29, 0.717) is 5.56 Å². The summed E-state index contributed by atoms with van der Waals surface area (Å²) >= 11 is 0. The fraction of sp³-hybridized carbons (Fsp3) is 0.391. The lowest BCUT2D eigenvalue weighted by Crippen LogP contribution is -2.57. The Bertz CT molecular complexity index is 1180. The van der Waals surface area contributed by atoms with Gasteiger partial charge in [-0.2, -0.15) is 0 Å². The van der Waals surface area contributed by atoms with Gasteiger partial charge in [-0.15, -0.1) is 0 Å². The number of para-hydroxylation sites is 1. The fourth-order valence-electron chi connectivity index (χ4n) is 3.49. The van der Waals surface area contributed by atoms with Gasteiger partial charge in [0.15, 0.2) is 0 Å². The van der Waals surface area contributed by atoms with Gasteiger partial charge in [0, 0.05) is 29.9 Å². The molecule has 0 aliphatic carbocycles. The number of carboxylic acid groups (broad SMARTS) is 2. The maximum atomic E-state index is 13.1. The Hall–Kier alpha value is -4.46. The maximum absolute atomic E-state index is 13.1. The van der Waals surface area contributed by atoms with Crippen LogP contribution in [0, 0.1) is 0 Å². The predicted molar refractivity (Wildman–Crippen MR) is 130 cm³/mol. The van der Waals surface area contributed by atoms with E-state index in [-0.39, 0.29) is 19.3 Å². The molecule has 1 aromatic carbocycles. The van der Waals surface area contributed by atoms with Gasteiger partial charge in [-0.1, -0.05) is 18.2 Å². The van der Waals surface area contributed by atoms with E-state index in [2.05, 4.69) is 20.9 Å². The quantitative estimate of drug-likeness (QED) is 0.142. The van der Waals surface area contributed by atoms with Gasteiger partial charge in [-0.3, -0.25) is 28.8 Å². The highest BCUT2D eigenvalue weighted by molar-refractivity contribution is 5.95. The van der Waals surface area contributed by atoms with Gasteiger partial charge in [0.05, 0.1) is 12.5 Å². The van der Waals surface area contributed by atoms with Crippen LogP contribution in [0.15, 0.2) is 30.5 Å². The minimum atomic E-state index is -1.47. The zero-order valence-corrected chi connectivity index (χ0v) is 20.0. The molecular weight excluding hydrogens is 488 g/mol. The van der Waals surface area contributed by atoms with Gasteiger partial charge in [-0.25, -0.2) is 0 Å². The number of carboxylic acids is 2. The molecule has 1 aromatic heterocycles. The number of nitrogens with one attached hydrogen (secondary N) is 4. The number of benzene rings is 1. The summed E-state index contributed by atoms with van der Waals surface area (Å²) in [7, 11) is 0. The number of amides is 4. The van der Waals surface area contributed by atoms with Crippen LogP contribution in [0.5, 0.6) is 0 Å². The molecule has 37 heavy (non-hydrogen) atoms. The molecule has 2 aromatic rings. The molecule has 14 nitrogen and oxygen atoms in total. The van der Waals surface area contributed by atoms with Crippen molar-refractivity contribution in [1.82, 2.24) is 20.9 Å². The number of rotatable bonds is 14. The van der Waals surface area contributed by atoms with Crippen LogP contribution < -0.4 is 27.4 Å². The Morgan fingerprint density at radius 2 is 1.57 bits per heavy atom. The van der Waals surface area contributed by atoms with Crippen molar-refractivity contribution in [2.75, 3.05) is 0 Å². The zero-order valence-electron chi connectivity index (χ0n) is 20.0. The van der Waals surface area contributed by atoms with Gasteiger partial charge < -0.3 is 42.6 Å². The van der Waals surface area contributed by atoms with Crippen LogP contribution >= 0.6 is 0 Å². The van der Waals surface area contributed by atoms with E-state index in [9.17, 15) is 28.8 Å². The van der Waals surface area contributed by atoms with Gasteiger partial charge >= 0.3 is 11.9 Å². The summed E-state index contributed by atoms with van der Waals surface area (Å²) in [4.78, 5) is 74.8. The summed E-state index contributed by atoms with van der Waals surface area (Å²) in [5.41, 5.74) is 12.2. The topological polar surface area (TPSA) is 247 Å². The highest BCUT2D eigenvalue weighted by Crippen LogP contribution is 2.19. The van der Waals surface area contributed by atoms with E-state index in [1.54, 1.807) is 18.3 Å². The largest absolute Gasteiger partial charge is 0.481 e. The molecule has 4 amide bonds. The second-order valence-corrected chi connectivity index (χ2v) is 8.46. The zero-order chi connectivity index (χ0) is 27.7. The normalized spacial score (nSPS) is 14.1. The summed E-state index contributed by atoms with van der Waals surface area (Å²) < 4.78 is 0. The van der Waals surface area contributed by atoms with E-state index in [0.717, 1.165) is 10.9 Å². The average Bonchev–Trinajstić information content (AvgIpc) is 3.23. The van der Waals surface area contributed by atoms with E-state index < -0.39 is 66.2 Å². The Kier molecular flexibility index (Phi) is 10.1. The lowest BCUT2D eigenvalue weighted by molar-refractivity contribution is -0.141. The predicted octanol–water partition coefficient (Wildman–Crippen LogP) is -1.66. The van der Waals surface area contributed by atoms with Crippen LogP contribution in [0.4, 0.5) is 0 Å². The van der Waals surface area contributed by atoms with Gasteiger partial charge in [0.25, 0.3) is 0 Å². The molecule has 200 valence electrons. The maximum Gasteiger partial charge on any atom is 0.325 e. The van der Waals surface area contributed by atoms with Crippen molar-refractivity contribution >= 4 is 46.5 Å². The van der Waals surface area contributed by atoms with E-state index in [1.165, 1.54) is 6.92 Å². The second-order valence-electron chi connectivity index (χ2n) is 8.46. The monoisotopic (exact) mass is 518 g/mol. The lowest BCUT2D eigenvalue weighted by Gasteiger charge is -2.24. The molecule has 4 unspecified atom stereocenters. The van der Waals surface area contributed by atoms with E-state index in [4.69, 9.17) is 21.7 Å². The van der Waals surface area contributed by atoms with Crippen LogP contribution in [0.2, 0.25) is 0 Å². The average molecular weight is 519 g/mol. The number of aliphatic carboxylic acids is 2. The highest BCUT2D eigenvalue weighted by Gasteiger charge is 2.30. The Balaban J connectivity index is 2.28. The molecule has 2 rings (SSSR count). The van der Waals surface area contributed by atoms with Crippen molar-refractivity contribution in [3.63, 3.8) is 0 Å². The SMILES string of the molecule is CC(NC(=O)C(Cc1c[nH]c2ccccc12)NC(=O)C(CCC(N)=O)NC(=O)C(N)CC(=O)O)C(=O)O. The number of primary amides is 1. The fourth-order valence-corrected chi connectivity index (χ4v) is 3.49. The number of nitrogens with two attached hydrogens (primary N) is 2. The minimum Gasteiger partial charge on any atom is -0.481 e. The molecule has 0 bridgehead atoms. The van der Waals surface area contributed by atoms with Gasteiger partial charge in [0.1, 0.15) is 18.1 Å². The number of aromatic nitrogens is 1. The van der Waals surface area contributed by atoms with Crippen LogP contribution in [-0.4, -0.2) is 74.9 Å². The van der Waals surface area contributed by atoms with Crippen LogP contribution in [-0.2, 0) is 35.2 Å². The lowest BCUT2D eigenvalue weighted by atomic mass is 10.0. The second kappa shape index (κ2) is 13.0.